The topological polar surface area (TPSA) is 47.6 Å². The van der Waals surface area contributed by atoms with E-state index in [4.69, 9.17) is 9.47 Å². The van der Waals surface area contributed by atoms with E-state index >= 15 is 0 Å². The minimum absolute atomic E-state index is 0.0308. The number of amides is 1. The van der Waals surface area contributed by atoms with Crippen LogP contribution in [-0.4, -0.2) is 26.2 Å². The molecule has 0 spiro atoms. The predicted molar refractivity (Wildman–Crippen MR) is 95.5 cm³/mol. The van der Waals surface area contributed by atoms with E-state index in [1.807, 2.05) is 48.5 Å². The normalized spacial score (nSPS) is 10.2. The molecule has 0 fully saturated rings. The van der Waals surface area contributed by atoms with Crippen molar-refractivity contribution in [2.24, 2.45) is 0 Å². The number of benzene rings is 2. The smallest absolute Gasteiger partial charge is 0.223 e. The van der Waals surface area contributed by atoms with Gasteiger partial charge in [-0.25, -0.2) is 0 Å². The highest BCUT2D eigenvalue weighted by molar-refractivity contribution is 5.75. The van der Waals surface area contributed by atoms with Crippen LogP contribution in [0.15, 0.2) is 54.6 Å². The van der Waals surface area contributed by atoms with Crippen LogP contribution in [0.2, 0.25) is 0 Å². The van der Waals surface area contributed by atoms with Gasteiger partial charge in [-0.05, 0) is 43.0 Å². The number of hydrogen-bond donors (Lipinski definition) is 1. The molecular formula is C20H25NO3. The van der Waals surface area contributed by atoms with Gasteiger partial charge in [-0.15, -0.1) is 0 Å². The van der Waals surface area contributed by atoms with E-state index in [0.717, 1.165) is 30.8 Å². The Bertz CT molecular complexity index is 613. The zero-order chi connectivity index (χ0) is 17.0. The lowest BCUT2D eigenvalue weighted by Crippen LogP contribution is -2.25. The van der Waals surface area contributed by atoms with E-state index in [2.05, 4.69) is 11.4 Å². The van der Waals surface area contributed by atoms with Crippen LogP contribution in [0, 0.1) is 0 Å². The van der Waals surface area contributed by atoms with Crippen LogP contribution >= 0.6 is 0 Å². The zero-order valence-electron chi connectivity index (χ0n) is 14.2. The molecule has 4 heteroatoms. The monoisotopic (exact) mass is 327 g/mol. The van der Waals surface area contributed by atoms with Gasteiger partial charge in [0.15, 0.2) is 0 Å². The molecule has 0 bridgehead atoms. The van der Waals surface area contributed by atoms with Crippen molar-refractivity contribution in [1.29, 1.82) is 0 Å². The Kier molecular flexibility index (Phi) is 7.68. The van der Waals surface area contributed by atoms with Gasteiger partial charge in [-0.1, -0.05) is 36.4 Å². The highest BCUT2D eigenvalue weighted by atomic mass is 16.5. The van der Waals surface area contributed by atoms with Gasteiger partial charge in [-0.3, -0.25) is 4.79 Å². The maximum Gasteiger partial charge on any atom is 0.223 e. The summed E-state index contributed by atoms with van der Waals surface area (Å²) in [7, 11) is 1.69. The second-order valence-corrected chi connectivity index (χ2v) is 5.53. The largest absolute Gasteiger partial charge is 0.496 e. The third-order valence-electron chi connectivity index (χ3n) is 3.73. The molecule has 1 N–H and O–H groups in total. The molecule has 1 amide bonds. The maximum absolute atomic E-state index is 11.8. The molecule has 4 nitrogen and oxygen atoms in total. The molecule has 0 aliphatic heterocycles. The molecule has 24 heavy (non-hydrogen) atoms. The highest BCUT2D eigenvalue weighted by Crippen LogP contribution is 2.19. The molecule has 0 atom stereocenters. The van der Waals surface area contributed by atoms with Crippen molar-refractivity contribution in [3.8, 4) is 11.5 Å². The first-order valence-corrected chi connectivity index (χ1v) is 8.36. The van der Waals surface area contributed by atoms with Gasteiger partial charge in [0.25, 0.3) is 0 Å². The van der Waals surface area contributed by atoms with E-state index in [1.165, 1.54) is 5.56 Å². The molecule has 0 radical (unpaired) electrons. The van der Waals surface area contributed by atoms with Crippen LogP contribution < -0.4 is 14.8 Å². The minimum atomic E-state index is 0.0308. The number of carbonyl (C=O) groups is 1. The summed E-state index contributed by atoms with van der Waals surface area (Å²) in [4.78, 5) is 11.8. The number of carbonyl (C=O) groups excluding carboxylic acids is 1. The average Bonchev–Trinajstić information content (AvgIpc) is 2.62. The number of ether oxygens (including phenoxy) is 2. The fourth-order valence-corrected chi connectivity index (χ4v) is 2.44. The Morgan fingerprint density at radius 2 is 1.75 bits per heavy atom. The fourth-order valence-electron chi connectivity index (χ4n) is 2.44. The Morgan fingerprint density at radius 3 is 2.54 bits per heavy atom. The third kappa shape index (κ3) is 6.32. The van der Waals surface area contributed by atoms with Crippen LogP contribution in [0.3, 0.4) is 0 Å². The van der Waals surface area contributed by atoms with E-state index < -0.39 is 0 Å². The summed E-state index contributed by atoms with van der Waals surface area (Å²) in [5, 5.41) is 2.93. The predicted octanol–water partition coefficient (Wildman–Crippen LogP) is 3.60. The quantitative estimate of drug-likeness (QED) is 0.678. The van der Waals surface area contributed by atoms with Gasteiger partial charge in [0.05, 0.1) is 20.1 Å². The number of methoxy groups -OCH3 is 1. The molecule has 0 aromatic heterocycles. The Hall–Kier alpha value is -2.49. The average molecular weight is 327 g/mol. The van der Waals surface area contributed by atoms with E-state index in [0.29, 0.717) is 19.6 Å². The lowest BCUT2D eigenvalue weighted by atomic mass is 10.1. The first-order chi connectivity index (χ1) is 11.8. The molecule has 2 aromatic carbocycles. The molecule has 0 aliphatic rings. The Balaban J connectivity index is 1.54. The summed E-state index contributed by atoms with van der Waals surface area (Å²) in [5.74, 6) is 1.75. The van der Waals surface area contributed by atoms with Gasteiger partial charge in [-0.2, -0.15) is 0 Å². The number of unbranched alkanes of at least 4 members (excludes halogenated alkanes) is 1. The number of rotatable bonds is 10. The fraction of sp³-hybridized carbons (Fsp3) is 0.350. The van der Waals surface area contributed by atoms with Crippen LogP contribution in [-0.2, 0) is 11.2 Å². The Morgan fingerprint density at radius 1 is 1.00 bits per heavy atom. The minimum Gasteiger partial charge on any atom is -0.496 e. The number of nitrogens with one attached hydrogen (secondary N) is 1. The van der Waals surface area contributed by atoms with E-state index in [9.17, 15) is 4.79 Å². The summed E-state index contributed by atoms with van der Waals surface area (Å²) in [5.41, 5.74) is 1.21. The van der Waals surface area contributed by atoms with E-state index in [1.54, 1.807) is 7.11 Å². The standard InChI is InChI=1S/C20H25NO3/c1-23-19-13-6-5-9-17(19)10-7-8-15-21-20(22)14-16-24-18-11-3-2-4-12-18/h2-6,9,11-13H,7-8,10,14-16H2,1H3,(H,21,22). The van der Waals surface area contributed by atoms with Crippen molar-refractivity contribution in [2.45, 2.75) is 25.7 Å². The van der Waals surface area contributed by atoms with Gasteiger partial charge in [0, 0.05) is 6.54 Å². The molecule has 0 saturated carbocycles. The number of para-hydroxylation sites is 2. The van der Waals surface area contributed by atoms with Crippen LogP contribution in [0.4, 0.5) is 0 Å². The van der Waals surface area contributed by atoms with Crippen molar-refractivity contribution in [1.82, 2.24) is 5.32 Å². The number of hydrogen-bond acceptors (Lipinski definition) is 3. The van der Waals surface area contributed by atoms with Crippen molar-refractivity contribution in [3.05, 3.63) is 60.2 Å². The van der Waals surface area contributed by atoms with Crippen molar-refractivity contribution < 1.29 is 14.3 Å². The first-order valence-electron chi connectivity index (χ1n) is 8.36. The summed E-state index contributed by atoms with van der Waals surface area (Å²) < 4.78 is 10.9. The van der Waals surface area contributed by atoms with E-state index in [-0.39, 0.29) is 5.91 Å². The number of aryl methyl sites for hydroxylation is 1. The van der Waals surface area contributed by atoms with Crippen LogP contribution in [0.5, 0.6) is 11.5 Å². The molecule has 2 aromatic rings. The lowest BCUT2D eigenvalue weighted by molar-refractivity contribution is -0.121. The summed E-state index contributed by atoms with van der Waals surface area (Å²) in [6.07, 6.45) is 3.29. The summed E-state index contributed by atoms with van der Waals surface area (Å²) >= 11 is 0. The molecule has 0 heterocycles. The highest BCUT2D eigenvalue weighted by Gasteiger charge is 2.03. The molecule has 0 unspecified atom stereocenters. The summed E-state index contributed by atoms with van der Waals surface area (Å²) in [6.45, 7) is 1.09. The molecule has 0 saturated heterocycles. The van der Waals surface area contributed by atoms with Crippen LogP contribution in [0.25, 0.3) is 0 Å². The van der Waals surface area contributed by atoms with Crippen molar-refractivity contribution in [3.63, 3.8) is 0 Å². The second kappa shape index (κ2) is 10.3. The van der Waals surface area contributed by atoms with Crippen LogP contribution in [0.1, 0.15) is 24.8 Å². The zero-order valence-corrected chi connectivity index (χ0v) is 14.2. The molecular weight excluding hydrogens is 302 g/mol. The molecule has 0 aliphatic carbocycles. The van der Waals surface area contributed by atoms with Gasteiger partial charge >= 0.3 is 0 Å². The van der Waals surface area contributed by atoms with Crippen molar-refractivity contribution >= 4 is 5.91 Å². The maximum atomic E-state index is 11.8. The molecule has 2 rings (SSSR count). The second-order valence-electron chi connectivity index (χ2n) is 5.53. The molecule has 128 valence electrons. The van der Waals surface area contributed by atoms with Gasteiger partial charge in [0.1, 0.15) is 11.5 Å². The SMILES string of the molecule is COc1ccccc1CCCCNC(=O)CCOc1ccccc1. The lowest BCUT2D eigenvalue weighted by Gasteiger charge is -2.09. The van der Waals surface area contributed by atoms with Gasteiger partial charge in [0.2, 0.25) is 5.91 Å². The third-order valence-corrected chi connectivity index (χ3v) is 3.73. The Labute approximate surface area is 143 Å². The van der Waals surface area contributed by atoms with Gasteiger partial charge < -0.3 is 14.8 Å². The van der Waals surface area contributed by atoms with Crippen molar-refractivity contribution in [2.75, 3.05) is 20.3 Å². The summed E-state index contributed by atoms with van der Waals surface area (Å²) in [6, 6.07) is 17.6. The first kappa shape index (κ1) is 17.9.